The molecule has 0 aliphatic rings. The lowest BCUT2D eigenvalue weighted by Gasteiger charge is -2.21. The summed E-state index contributed by atoms with van der Waals surface area (Å²) >= 11 is 4.07. The van der Waals surface area contributed by atoms with Crippen LogP contribution < -0.4 is 0 Å². The lowest BCUT2D eigenvalue weighted by Crippen LogP contribution is -2.42. The maximum absolute atomic E-state index is 12.4. The van der Waals surface area contributed by atoms with E-state index in [0.717, 1.165) is 17.4 Å². The molecule has 0 saturated carbocycles. The summed E-state index contributed by atoms with van der Waals surface area (Å²) in [6.45, 7) is -1.68. The Labute approximate surface area is 125 Å². The van der Waals surface area contributed by atoms with Gasteiger partial charge in [-0.05, 0) is 28.9 Å². The summed E-state index contributed by atoms with van der Waals surface area (Å²) in [7, 11) is -4.53. The van der Waals surface area contributed by atoms with Crippen LogP contribution in [0.15, 0.2) is 14.7 Å². The Morgan fingerprint density at radius 2 is 2.05 bits per heavy atom. The van der Waals surface area contributed by atoms with Crippen LogP contribution in [-0.2, 0) is 14.8 Å². The van der Waals surface area contributed by atoms with Gasteiger partial charge < -0.3 is 5.11 Å². The van der Waals surface area contributed by atoms with Crippen LogP contribution in [0, 0.1) is 6.92 Å². The van der Waals surface area contributed by atoms with Gasteiger partial charge in [0.2, 0.25) is 10.0 Å². The topological polar surface area (TPSA) is 74.7 Å². The van der Waals surface area contributed by atoms with E-state index in [2.05, 4.69) is 15.9 Å². The SMILES string of the molecule is Cc1sc(Br)cc1S(=O)(=O)N(CC(=O)O)CC(F)(F)F. The molecule has 0 unspecified atom stereocenters. The van der Waals surface area contributed by atoms with Crippen molar-refractivity contribution >= 4 is 43.3 Å². The van der Waals surface area contributed by atoms with Gasteiger partial charge in [-0.25, -0.2) is 8.42 Å². The third-order valence-corrected chi connectivity index (χ3v) is 5.73. The van der Waals surface area contributed by atoms with Gasteiger partial charge in [0, 0.05) is 4.88 Å². The van der Waals surface area contributed by atoms with Crippen LogP contribution in [0.1, 0.15) is 4.88 Å². The molecular formula is C9H9BrF3NO4S2. The average molecular weight is 396 g/mol. The molecule has 11 heteroatoms. The Morgan fingerprint density at radius 1 is 1.50 bits per heavy atom. The highest BCUT2D eigenvalue weighted by Gasteiger charge is 2.39. The van der Waals surface area contributed by atoms with Gasteiger partial charge in [0.15, 0.2) is 0 Å². The summed E-state index contributed by atoms with van der Waals surface area (Å²) in [6.07, 6.45) is -4.83. The van der Waals surface area contributed by atoms with Crippen molar-refractivity contribution < 1.29 is 31.5 Å². The third-order valence-electron chi connectivity index (χ3n) is 2.13. The van der Waals surface area contributed by atoms with Gasteiger partial charge >= 0.3 is 12.1 Å². The molecule has 0 aliphatic heterocycles. The second kappa shape index (κ2) is 6.00. The number of nitrogens with zero attached hydrogens (tertiary/aromatic N) is 1. The van der Waals surface area contributed by atoms with Crippen LogP contribution in [0.2, 0.25) is 0 Å². The first-order chi connectivity index (χ1) is 8.93. The Kier molecular flexibility index (Phi) is 5.22. The molecule has 0 spiro atoms. The smallest absolute Gasteiger partial charge is 0.402 e. The molecule has 0 radical (unpaired) electrons. The van der Waals surface area contributed by atoms with Crippen molar-refractivity contribution in [2.24, 2.45) is 0 Å². The molecule has 0 amide bonds. The van der Waals surface area contributed by atoms with E-state index in [1.54, 1.807) is 0 Å². The molecule has 0 bridgehead atoms. The van der Waals surface area contributed by atoms with E-state index in [0.29, 0.717) is 3.79 Å². The molecule has 0 saturated heterocycles. The fourth-order valence-electron chi connectivity index (χ4n) is 1.40. The number of hydrogen-bond donors (Lipinski definition) is 1. The number of carboxylic acid groups (broad SMARTS) is 1. The second-order valence-corrected chi connectivity index (χ2v) is 8.29. The molecule has 1 N–H and O–H groups in total. The quantitative estimate of drug-likeness (QED) is 0.830. The van der Waals surface area contributed by atoms with Crippen LogP contribution in [-0.4, -0.2) is 43.1 Å². The van der Waals surface area contributed by atoms with Gasteiger partial charge in [-0.1, -0.05) is 0 Å². The summed E-state index contributed by atoms with van der Waals surface area (Å²) in [4.78, 5) is 10.5. The Morgan fingerprint density at radius 3 is 2.40 bits per heavy atom. The molecule has 20 heavy (non-hydrogen) atoms. The minimum Gasteiger partial charge on any atom is -0.480 e. The van der Waals surface area contributed by atoms with E-state index in [-0.39, 0.29) is 14.1 Å². The first-order valence-electron chi connectivity index (χ1n) is 4.98. The minimum atomic E-state index is -4.83. The second-order valence-electron chi connectivity index (χ2n) is 3.75. The summed E-state index contributed by atoms with van der Waals surface area (Å²) in [5.74, 6) is -1.66. The number of aliphatic carboxylic acids is 1. The Bertz CT molecular complexity index is 611. The van der Waals surface area contributed by atoms with Crippen molar-refractivity contribution in [3.63, 3.8) is 0 Å². The highest BCUT2D eigenvalue weighted by atomic mass is 79.9. The molecule has 1 aromatic heterocycles. The summed E-state index contributed by atoms with van der Waals surface area (Å²) < 4.78 is 61.8. The zero-order valence-electron chi connectivity index (χ0n) is 9.94. The highest BCUT2D eigenvalue weighted by molar-refractivity contribution is 9.11. The number of halogens is 4. The zero-order chi connectivity index (χ0) is 15.7. The predicted molar refractivity (Wildman–Crippen MR) is 69.2 cm³/mol. The van der Waals surface area contributed by atoms with Gasteiger partial charge in [-0.2, -0.15) is 17.5 Å². The molecular weight excluding hydrogens is 387 g/mol. The Hall–Kier alpha value is -0.650. The van der Waals surface area contributed by atoms with E-state index in [9.17, 15) is 26.4 Å². The van der Waals surface area contributed by atoms with Crippen molar-refractivity contribution in [2.45, 2.75) is 18.0 Å². The van der Waals surface area contributed by atoms with Crippen molar-refractivity contribution in [2.75, 3.05) is 13.1 Å². The lowest BCUT2D eigenvalue weighted by molar-refractivity contribution is -0.146. The number of alkyl halides is 3. The van der Waals surface area contributed by atoms with Crippen molar-refractivity contribution in [1.29, 1.82) is 0 Å². The number of aryl methyl sites for hydroxylation is 1. The van der Waals surface area contributed by atoms with Gasteiger partial charge in [0.25, 0.3) is 0 Å². The normalized spacial score (nSPS) is 12.9. The zero-order valence-corrected chi connectivity index (χ0v) is 13.2. The lowest BCUT2D eigenvalue weighted by atomic mass is 10.5. The van der Waals surface area contributed by atoms with E-state index >= 15 is 0 Å². The average Bonchev–Trinajstić information content (AvgIpc) is 2.54. The number of rotatable bonds is 5. The molecule has 0 atom stereocenters. The van der Waals surface area contributed by atoms with Gasteiger partial charge in [0.1, 0.15) is 13.1 Å². The summed E-state index contributed by atoms with van der Waals surface area (Å²) in [5, 5.41) is 8.59. The molecule has 1 rings (SSSR count). The van der Waals surface area contributed by atoms with Crippen LogP contribution in [0.4, 0.5) is 13.2 Å². The van der Waals surface area contributed by atoms with Crippen molar-refractivity contribution in [1.82, 2.24) is 4.31 Å². The van der Waals surface area contributed by atoms with Gasteiger partial charge in [-0.15, -0.1) is 11.3 Å². The fourth-order valence-corrected chi connectivity index (χ4v) is 5.16. The molecule has 5 nitrogen and oxygen atoms in total. The monoisotopic (exact) mass is 395 g/mol. The first-order valence-corrected chi connectivity index (χ1v) is 8.03. The van der Waals surface area contributed by atoms with Crippen LogP contribution in [0.3, 0.4) is 0 Å². The van der Waals surface area contributed by atoms with E-state index in [1.165, 1.54) is 6.92 Å². The largest absolute Gasteiger partial charge is 0.480 e. The van der Waals surface area contributed by atoms with Crippen LogP contribution in [0.25, 0.3) is 0 Å². The van der Waals surface area contributed by atoms with Crippen molar-refractivity contribution in [3.05, 3.63) is 14.7 Å². The van der Waals surface area contributed by atoms with E-state index in [4.69, 9.17) is 5.11 Å². The van der Waals surface area contributed by atoms with Crippen LogP contribution in [0.5, 0.6) is 0 Å². The number of carboxylic acids is 1. The standard InChI is InChI=1S/C9H9BrF3NO4S2/c1-5-6(2-7(10)19-5)20(17,18)14(3-8(15)16)4-9(11,12)13/h2H,3-4H2,1H3,(H,15,16). The summed E-state index contributed by atoms with van der Waals surface area (Å²) in [6, 6.07) is 1.15. The number of thiophene rings is 1. The fraction of sp³-hybridized carbons (Fsp3) is 0.444. The van der Waals surface area contributed by atoms with E-state index < -0.39 is 35.3 Å². The van der Waals surface area contributed by atoms with Gasteiger partial charge in [0.05, 0.1) is 8.68 Å². The number of sulfonamides is 1. The van der Waals surface area contributed by atoms with Gasteiger partial charge in [-0.3, -0.25) is 4.79 Å². The number of hydrogen-bond acceptors (Lipinski definition) is 4. The summed E-state index contributed by atoms with van der Waals surface area (Å²) in [5.41, 5.74) is 0. The maximum atomic E-state index is 12.4. The molecule has 1 heterocycles. The predicted octanol–water partition coefficient (Wildman–Crippen LogP) is 2.46. The minimum absolute atomic E-state index is 0.100. The third kappa shape index (κ3) is 4.43. The van der Waals surface area contributed by atoms with Crippen LogP contribution >= 0.6 is 27.3 Å². The molecule has 0 aromatic carbocycles. The molecule has 114 valence electrons. The molecule has 0 aliphatic carbocycles. The maximum Gasteiger partial charge on any atom is 0.402 e. The molecule has 0 fully saturated rings. The Balaban J connectivity index is 3.24. The first kappa shape index (κ1) is 17.4. The number of carbonyl (C=O) groups is 1. The molecule has 1 aromatic rings. The highest BCUT2D eigenvalue weighted by Crippen LogP contribution is 2.32. The van der Waals surface area contributed by atoms with Crippen molar-refractivity contribution in [3.8, 4) is 0 Å². The van der Waals surface area contributed by atoms with E-state index in [1.807, 2.05) is 0 Å².